The molecule has 2 N–H and O–H groups in total. The molecular weight excluding hydrogens is 224 g/mol. The fraction of sp³-hybridized carbons (Fsp3) is 0.400. The number of H-pyrrole nitrogens is 1. The zero-order chi connectivity index (χ0) is 13.1. The van der Waals surface area contributed by atoms with Gasteiger partial charge in [-0.3, -0.25) is 0 Å². The Morgan fingerprint density at radius 3 is 2.72 bits per heavy atom. The van der Waals surface area contributed by atoms with Crippen molar-refractivity contribution in [2.24, 2.45) is 0 Å². The SMILES string of the molecule is CCCCc1nc(-c2ccc(C)cc2O)[nH]c1C. The summed E-state index contributed by atoms with van der Waals surface area (Å²) in [7, 11) is 0. The second kappa shape index (κ2) is 5.25. The summed E-state index contributed by atoms with van der Waals surface area (Å²) in [4.78, 5) is 7.85. The zero-order valence-corrected chi connectivity index (χ0v) is 11.2. The minimum absolute atomic E-state index is 0.283. The molecule has 1 aromatic heterocycles. The quantitative estimate of drug-likeness (QED) is 0.860. The van der Waals surface area contributed by atoms with Crippen LogP contribution in [0.5, 0.6) is 5.75 Å². The van der Waals surface area contributed by atoms with Crippen LogP contribution in [0.3, 0.4) is 0 Å². The Morgan fingerprint density at radius 1 is 1.28 bits per heavy atom. The van der Waals surface area contributed by atoms with Gasteiger partial charge >= 0.3 is 0 Å². The molecule has 2 rings (SSSR count). The zero-order valence-electron chi connectivity index (χ0n) is 11.2. The van der Waals surface area contributed by atoms with Crippen LogP contribution in [-0.2, 0) is 6.42 Å². The first-order valence-corrected chi connectivity index (χ1v) is 6.47. The van der Waals surface area contributed by atoms with E-state index in [4.69, 9.17) is 0 Å². The molecule has 0 saturated heterocycles. The number of aromatic amines is 1. The number of hydrogen-bond acceptors (Lipinski definition) is 2. The van der Waals surface area contributed by atoms with Gasteiger partial charge in [0.25, 0.3) is 0 Å². The van der Waals surface area contributed by atoms with E-state index < -0.39 is 0 Å². The minimum Gasteiger partial charge on any atom is -0.507 e. The molecule has 1 aromatic carbocycles. The number of unbranched alkanes of at least 4 members (excludes halogenated alkanes) is 1. The van der Waals surface area contributed by atoms with Crippen LogP contribution in [0.25, 0.3) is 11.4 Å². The third kappa shape index (κ3) is 2.55. The van der Waals surface area contributed by atoms with Gasteiger partial charge < -0.3 is 10.1 Å². The van der Waals surface area contributed by atoms with Crippen LogP contribution in [0.2, 0.25) is 0 Å². The van der Waals surface area contributed by atoms with E-state index in [9.17, 15) is 5.11 Å². The van der Waals surface area contributed by atoms with Crippen molar-refractivity contribution >= 4 is 0 Å². The third-order valence-corrected chi connectivity index (χ3v) is 3.16. The molecule has 3 nitrogen and oxygen atoms in total. The fourth-order valence-electron chi connectivity index (χ4n) is 2.05. The standard InChI is InChI=1S/C15H20N2O/c1-4-5-6-13-11(3)16-15(17-13)12-8-7-10(2)9-14(12)18/h7-9,18H,4-6H2,1-3H3,(H,16,17). The van der Waals surface area contributed by atoms with Crippen LogP contribution in [0, 0.1) is 13.8 Å². The van der Waals surface area contributed by atoms with Crippen molar-refractivity contribution in [1.29, 1.82) is 0 Å². The van der Waals surface area contributed by atoms with Gasteiger partial charge in [-0.15, -0.1) is 0 Å². The predicted octanol–water partition coefficient (Wildman–Crippen LogP) is 3.74. The van der Waals surface area contributed by atoms with Crippen molar-refractivity contribution in [1.82, 2.24) is 9.97 Å². The molecule has 0 radical (unpaired) electrons. The van der Waals surface area contributed by atoms with Gasteiger partial charge in [-0.1, -0.05) is 19.4 Å². The Hall–Kier alpha value is -1.77. The van der Waals surface area contributed by atoms with Crippen LogP contribution >= 0.6 is 0 Å². The van der Waals surface area contributed by atoms with Crippen LogP contribution in [0.15, 0.2) is 18.2 Å². The van der Waals surface area contributed by atoms with Gasteiger partial charge in [0, 0.05) is 5.69 Å². The van der Waals surface area contributed by atoms with E-state index in [0.29, 0.717) is 0 Å². The number of phenols is 1. The van der Waals surface area contributed by atoms with E-state index >= 15 is 0 Å². The molecule has 0 atom stereocenters. The van der Waals surface area contributed by atoms with Crippen molar-refractivity contribution < 1.29 is 5.11 Å². The maximum absolute atomic E-state index is 9.96. The summed E-state index contributed by atoms with van der Waals surface area (Å²) in [5, 5.41) is 9.96. The lowest BCUT2D eigenvalue weighted by atomic mass is 10.1. The highest BCUT2D eigenvalue weighted by Gasteiger charge is 2.11. The Morgan fingerprint density at radius 2 is 2.06 bits per heavy atom. The molecule has 0 aliphatic heterocycles. The number of phenolic OH excluding ortho intramolecular Hbond substituents is 1. The number of aromatic hydroxyl groups is 1. The van der Waals surface area contributed by atoms with E-state index in [1.165, 1.54) is 0 Å². The Kier molecular flexibility index (Phi) is 3.70. The normalized spacial score (nSPS) is 10.8. The number of nitrogens with zero attached hydrogens (tertiary/aromatic N) is 1. The fourth-order valence-corrected chi connectivity index (χ4v) is 2.05. The Balaban J connectivity index is 2.33. The second-order valence-electron chi connectivity index (χ2n) is 4.78. The van der Waals surface area contributed by atoms with Gasteiger partial charge in [0.15, 0.2) is 0 Å². The summed E-state index contributed by atoms with van der Waals surface area (Å²) in [5.74, 6) is 1.04. The molecule has 0 saturated carbocycles. The molecule has 2 aromatic rings. The van der Waals surface area contributed by atoms with Crippen LogP contribution in [0.1, 0.15) is 36.7 Å². The largest absolute Gasteiger partial charge is 0.507 e. The van der Waals surface area contributed by atoms with E-state index in [2.05, 4.69) is 16.9 Å². The van der Waals surface area contributed by atoms with E-state index in [1.54, 1.807) is 6.07 Å². The Bertz CT molecular complexity index is 543. The molecule has 0 aliphatic rings. The molecule has 0 bridgehead atoms. The van der Waals surface area contributed by atoms with Gasteiger partial charge in [0.2, 0.25) is 0 Å². The highest BCUT2D eigenvalue weighted by atomic mass is 16.3. The van der Waals surface area contributed by atoms with E-state index in [1.807, 2.05) is 26.0 Å². The summed E-state index contributed by atoms with van der Waals surface area (Å²) in [6.07, 6.45) is 3.30. The predicted molar refractivity (Wildman–Crippen MR) is 73.8 cm³/mol. The summed E-state index contributed by atoms with van der Waals surface area (Å²) in [6.45, 7) is 6.17. The smallest absolute Gasteiger partial charge is 0.141 e. The monoisotopic (exact) mass is 244 g/mol. The lowest BCUT2D eigenvalue weighted by Crippen LogP contribution is -1.87. The van der Waals surface area contributed by atoms with E-state index in [0.717, 1.165) is 47.6 Å². The maximum Gasteiger partial charge on any atom is 0.141 e. The average molecular weight is 244 g/mol. The molecule has 0 amide bonds. The van der Waals surface area contributed by atoms with Crippen molar-refractivity contribution in [3.8, 4) is 17.1 Å². The highest BCUT2D eigenvalue weighted by Crippen LogP contribution is 2.28. The first-order valence-electron chi connectivity index (χ1n) is 6.47. The first-order chi connectivity index (χ1) is 8.61. The van der Waals surface area contributed by atoms with Gasteiger partial charge in [0.05, 0.1) is 11.3 Å². The molecule has 18 heavy (non-hydrogen) atoms. The summed E-state index contributed by atoms with van der Waals surface area (Å²) in [6, 6.07) is 5.66. The van der Waals surface area contributed by atoms with Crippen LogP contribution in [-0.4, -0.2) is 15.1 Å². The van der Waals surface area contributed by atoms with Crippen LogP contribution in [0.4, 0.5) is 0 Å². The lowest BCUT2D eigenvalue weighted by Gasteiger charge is -2.02. The number of rotatable bonds is 4. The Labute approximate surface area is 108 Å². The number of benzene rings is 1. The summed E-state index contributed by atoms with van der Waals surface area (Å²) < 4.78 is 0. The minimum atomic E-state index is 0.283. The van der Waals surface area contributed by atoms with Gasteiger partial charge in [-0.05, 0) is 44.4 Å². The van der Waals surface area contributed by atoms with Crippen molar-refractivity contribution in [3.05, 3.63) is 35.2 Å². The molecule has 0 spiro atoms. The molecule has 3 heteroatoms. The van der Waals surface area contributed by atoms with Crippen molar-refractivity contribution in [2.45, 2.75) is 40.0 Å². The van der Waals surface area contributed by atoms with Crippen molar-refractivity contribution in [3.63, 3.8) is 0 Å². The third-order valence-electron chi connectivity index (χ3n) is 3.16. The van der Waals surface area contributed by atoms with Gasteiger partial charge in [0.1, 0.15) is 11.6 Å². The van der Waals surface area contributed by atoms with Crippen molar-refractivity contribution in [2.75, 3.05) is 0 Å². The molecular formula is C15H20N2O. The molecule has 0 unspecified atom stereocenters. The highest BCUT2D eigenvalue weighted by molar-refractivity contribution is 5.64. The summed E-state index contributed by atoms with van der Waals surface area (Å²) >= 11 is 0. The summed E-state index contributed by atoms with van der Waals surface area (Å²) in [5.41, 5.74) is 4.02. The number of aromatic nitrogens is 2. The second-order valence-corrected chi connectivity index (χ2v) is 4.78. The molecule has 0 fully saturated rings. The topological polar surface area (TPSA) is 48.9 Å². The van der Waals surface area contributed by atoms with Gasteiger partial charge in [-0.25, -0.2) is 4.98 Å². The van der Waals surface area contributed by atoms with Crippen LogP contribution < -0.4 is 0 Å². The maximum atomic E-state index is 9.96. The molecule has 96 valence electrons. The van der Waals surface area contributed by atoms with E-state index in [-0.39, 0.29) is 5.75 Å². The number of aryl methyl sites for hydroxylation is 3. The number of imidazole rings is 1. The first kappa shape index (κ1) is 12.7. The molecule has 1 heterocycles. The lowest BCUT2D eigenvalue weighted by molar-refractivity contribution is 0.476. The average Bonchev–Trinajstić information content (AvgIpc) is 2.68. The number of nitrogens with one attached hydrogen (secondary N) is 1. The van der Waals surface area contributed by atoms with Gasteiger partial charge in [-0.2, -0.15) is 0 Å². The molecule has 0 aliphatic carbocycles. The number of hydrogen-bond donors (Lipinski definition) is 2.